The molecule has 1 aliphatic rings. The monoisotopic (exact) mass is 421 g/mol. The average molecular weight is 422 g/mol. The third-order valence-electron chi connectivity index (χ3n) is 4.86. The van der Waals surface area contributed by atoms with E-state index in [0.29, 0.717) is 30.0 Å². The largest absolute Gasteiger partial charge is 0.493 e. The Labute approximate surface area is 173 Å². The normalized spacial score (nSPS) is 13.5. The van der Waals surface area contributed by atoms with Crippen LogP contribution < -0.4 is 10.1 Å². The maximum absolute atomic E-state index is 12.5. The van der Waals surface area contributed by atoms with Gasteiger partial charge in [-0.1, -0.05) is 42.3 Å². The highest BCUT2D eigenvalue weighted by Crippen LogP contribution is 2.32. The van der Waals surface area contributed by atoms with Crippen molar-refractivity contribution in [3.63, 3.8) is 0 Å². The second kappa shape index (κ2) is 8.84. The van der Waals surface area contributed by atoms with E-state index in [2.05, 4.69) is 5.32 Å². The molecule has 28 heavy (non-hydrogen) atoms. The van der Waals surface area contributed by atoms with Gasteiger partial charge in [0.2, 0.25) is 0 Å². The van der Waals surface area contributed by atoms with Crippen LogP contribution in [0.25, 0.3) is 0 Å². The molecule has 2 N–H and O–H groups in total. The number of carbonyl (C=O) groups excluding carboxylic acids is 1. The fourth-order valence-corrected chi connectivity index (χ4v) is 3.84. The summed E-state index contributed by atoms with van der Waals surface area (Å²) < 4.78 is 5.73. The molecule has 0 saturated carbocycles. The van der Waals surface area contributed by atoms with Gasteiger partial charge in [-0.05, 0) is 42.2 Å². The molecule has 1 atom stereocenters. The molecule has 0 radical (unpaired) electrons. The first-order chi connectivity index (χ1) is 13.4. The highest BCUT2D eigenvalue weighted by atomic mass is 35.5. The lowest BCUT2D eigenvalue weighted by Crippen LogP contribution is -2.23. The molecule has 5 nitrogen and oxygen atoms in total. The molecular formula is C21H21Cl2NO4. The number of rotatable bonds is 7. The summed E-state index contributed by atoms with van der Waals surface area (Å²) in [7, 11) is 0. The predicted molar refractivity (Wildman–Crippen MR) is 108 cm³/mol. The summed E-state index contributed by atoms with van der Waals surface area (Å²) in [6.45, 7) is 2.71. The second-order valence-electron chi connectivity index (χ2n) is 6.80. The fraction of sp³-hybridized carbons (Fsp3) is 0.333. The van der Waals surface area contributed by atoms with E-state index in [1.54, 1.807) is 12.1 Å². The Hall–Kier alpha value is -2.24. The van der Waals surface area contributed by atoms with E-state index in [4.69, 9.17) is 27.9 Å². The SMILES string of the molecule is CCC(Cc1cc2c(c(CNC(=O)c3ccc(Cl)cc3Cl)c1)OCC2)C(=O)O. The quantitative estimate of drug-likeness (QED) is 0.689. The summed E-state index contributed by atoms with van der Waals surface area (Å²) in [5.41, 5.74) is 3.17. The van der Waals surface area contributed by atoms with Gasteiger partial charge in [-0.2, -0.15) is 0 Å². The fourth-order valence-electron chi connectivity index (χ4n) is 3.35. The van der Waals surface area contributed by atoms with Crippen LogP contribution in [0.5, 0.6) is 5.75 Å². The molecule has 0 bridgehead atoms. The zero-order valence-electron chi connectivity index (χ0n) is 15.4. The highest BCUT2D eigenvalue weighted by Gasteiger charge is 2.22. The first kappa shape index (κ1) is 20.5. The van der Waals surface area contributed by atoms with Gasteiger partial charge in [-0.15, -0.1) is 0 Å². The van der Waals surface area contributed by atoms with E-state index in [-0.39, 0.29) is 17.5 Å². The predicted octanol–water partition coefficient (Wildman–Crippen LogP) is 4.51. The van der Waals surface area contributed by atoms with Crippen molar-refractivity contribution in [3.8, 4) is 5.75 Å². The standard InChI is InChI=1S/C21H21Cl2NO4/c1-2-13(21(26)27)7-12-8-14-5-6-28-19(14)15(9-12)11-24-20(25)17-4-3-16(22)10-18(17)23/h3-4,8-10,13H,2,5-7,11H2,1H3,(H,24,25)(H,26,27). The molecule has 0 aromatic heterocycles. The summed E-state index contributed by atoms with van der Waals surface area (Å²) in [4.78, 5) is 23.9. The number of carbonyl (C=O) groups is 2. The Morgan fingerprint density at radius 2 is 2.04 bits per heavy atom. The van der Waals surface area contributed by atoms with Crippen LogP contribution in [0.1, 0.15) is 40.4 Å². The van der Waals surface area contributed by atoms with Gasteiger partial charge >= 0.3 is 5.97 Å². The van der Waals surface area contributed by atoms with Gasteiger partial charge in [-0.3, -0.25) is 9.59 Å². The van der Waals surface area contributed by atoms with Gasteiger partial charge in [0.05, 0.1) is 23.1 Å². The Kier molecular flexibility index (Phi) is 6.47. The van der Waals surface area contributed by atoms with Crippen LogP contribution in [0.15, 0.2) is 30.3 Å². The van der Waals surface area contributed by atoms with Crippen molar-refractivity contribution in [2.45, 2.75) is 32.7 Å². The Bertz CT molecular complexity index is 914. The highest BCUT2D eigenvalue weighted by molar-refractivity contribution is 6.36. The van der Waals surface area contributed by atoms with Crippen LogP contribution in [-0.2, 0) is 24.2 Å². The number of ether oxygens (including phenoxy) is 1. The van der Waals surface area contributed by atoms with Crippen molar-refractivity contribution in [2.75, 3.05) is 6.61 Å². The molecule has 0 aliphatic carbocycles. The third kappa shape index (κ3) is 4.59. The number of aliphatic carboxylic acids is 1. The molecule has 1 heterocycles. The zero-order chi connectivity index (χ0) is 20.3. The van der Waals surface area contributed by atoms with E-state index in [1.807, 2.05) is 19.1 Å². The minimum atomic E-state index is -0.800. The smallest absolute Gasteiger partial charge is 0.306 e. The summed E-state index contributed by atoms with van der Waals surface area (Å²) in [6, 6.07) is 8.64. The van der Waals surface area contributed by atoms with Gasteiger partial charge in [-0.25, -0.2) is 0 Å². The summed E-state index contributed by atoms with van der Waals surface area (Å²) in [5.74, 6) is -0.771. The minimum Gasteiger partial charge on any atom is -0.493 e. The van der Waals surface area contributed by atoms with Gasteiger partial charge < -0.3 is 15.2 Å². The molecule has 0 saturated heterocycles. The number of hydrogen-bond acceptors (Lipinski definition) is 3. The number of amides is 1. The Morgan fingerprint density at radius 3 is 2.71 bits per heavy atom. The molecule has 1 aliphatic heterocycles. The van der Waals surface area contributed by atoms with Crippen molar-refractivity contribution in [1.29, 1.82) is 0 Å². The zero-order valence-corrected chi connectivity index (χ0v) is 16.9. The van der Waals surface area contributed by atoms with Crippen LogP contribution in [-0.4, -0.2) is 23.6 Å². The molecule has 1 amide bonds. The van der Waals surface area contributed by atoms with Gasteiger partial charge in [0.15, 0.2) is 0 Å². The first-order valence-electron chi connectivity index (χ1n) is 9.12. The molecule has 1 unspecified atom stereocenters. The van der Waals surface area contributed by atoms with E-state index in [0.717, 1.165) is 28.9 Å². The van der Waals surface area contributed by atoms with Crippen molar-refractivity contribution in [1.82, 2.24) is 5.32 Å². The first-order valence-corrected chi connectivity index (χ1v) is 9.88. The summed E-state index contributed by atoms with van der Waals surface area (Å²) in [6.07, 6.45) is 1.78. The molecular weight excluding hydrogens is 401 g/mol. The van der Waals surface area contributed by atoms with E-state index in [1.165, 1.54) is 6.07 Å². The number of carboxylic acid groups (broad SMARTS) is 1. The minimum absolute atomic E-state index is 0.262. The van der Waals surface area contributed by atoms with E-state index in [9.17, 15) is 14.7 Å². The number of fused-ring (bicyclic) bond motifs is 1. The number of hydrogen-bond donors (Lipinski definition) is 2. The van der Waals surface area contributed by atoms with Crippen LogP contribution in [0.2, 0.25) is 10.0 Å². The van der Waals surface area contributed by atoms with Crippen molar-refractivity contribution in [2.24, 2.45) is 5.92 Å². The van der Waals surface area contributed by atoms with Crippen molar-refractivity contribution >= 4 is 35.1 Å². The lowest BCUT2D eigenvalue weighted by Gasteiger charge is -2.15. The van der Waals surface area contributed by atoms with Gasteiger partial charge in [0.25, 0.3) is 5.91 Å². The number of carboxylic acids is 1. The molecule has 148 valence electrons. The van der Waals surface area contributed by atoms with Crippen LogP contribution >= 0.6 is 23.2 Å². The van der Waals surface area contributed by atoms with E-state index < -0.39 is 11.9 Å². The number of benzene rings is 2. The van der Waals surface area contributed by atoms with Crippen molar-refractivity contribution < 1.29 is 19.4 Å². The molecule has 0 spiro atoms. The van der Waals surface area contributed by atoms with Gasteiger partial charge in [0.1, 0.15) is 5.75 Å². The van der Waals surface area contributed by atoms with E-state index >= 15 is 0 Å². The summed E-state index contributed by atoms with van der Waals surface area (Å²) >= 11 is 12.0. The lowest BCUT2D eigenvalue weighted by molar-refractivity contribution is -0.141. The third-order valence-corrected chi connectivity index (χ3v) is 5.41. The Morgan fingerprint density at radius 1 is 1.25 bits per heavy atom. The lowest BCUT2D eigenvalue weighted by atomic mass is 9.93. The maximum Gasteiger partial charge on any atom is 0.306 e. The molecule has 3 rings (SSSR count). The molecule has 0 fully saturated rings. The summed E-state index contributed by atoms with van der Waals surface area (Å²) in [5, 5.41) is 12.9. The Balaban J connectivity index is 1.79. The second-order valence-corrected chi connectivity index (χ2v) is 7.64. The van der Waals surface area contributed by atoms with Crippen LogP contribution in [0.3, 0.4) is 0 Å². The van der Waals surface area contributed by atoms with Crippen molar-refractivity contribution in [3.05, 3.63) is 62.6 Å². The number of halogens is 2. The topological polar surface area (TPSA) is 75.6 Å². The van der Waals surface area contributed by atoms with Gasteiger partial charge in [0, 0.05) is 23.6 Å². The number of nitrogens with one attached hydrogen (secondary N) is 1. The molecule has 7 heteroatoms. The molecule has 2 aromatic carbocycles. The molecule has 2 aromatic rings. The maximum atomic E-state index is 12.5. The average Bonchev–Trinajstić information content (AvgIpc) is 3.12. The van der Waals surface area contributed by atoms with Crippen LogP contribution in [0, 0.1) is 5.92 Å². The van der Waals surface area contributed by atoms with Crippen LogP contribution in [0.4, 0.5) is 0 Å².